The van der Waals surface area contributed by atoms with Gasteiger partial charge in [0.25, 0.3) is 11.8 Å². The van der Waals surface area contributed by atoms with Gasteiger partial charge in [-0.3, -0.25) is 9.79 Å². The maximum absolute atomic E-state index is 15.0. The number of halogens is 4. The number of amides is 1. The van der Waals surface area contributed by atoms with E-state index in [1.54, 1.807) is 0 Å². The van der Waals surface area contributed by atoms with Gasteiger partial charge in [0.05, 0.1) is 6.20 Å². The lowest BCUT2D eigenvalue weighted by Gasteiger charge is -2.36. The molecule has 0 saturated carbocycles. The third kappa shape index (κ3) is 3.87. The Morgan fingerprint density at radius 2 is 2.03 bits per heavy atom. The Kier molecular flexibility index (Phi) is 5.80. The second-order valence-corrected chi connectivity index (χ2v) is 6.98. The summed E-state index contributed by atoms with van der Waals surface area (Å²) in [6.45, 7) is 1.65. The number of benzene rings is 1. The van der Waals surface area contributed by atoms with Gasteiger partial charge < -0.3 is 15.8 Å². The molecule has 0 bridgehead atoms. The minimum Gasteiger partial charge on any atom is -0.385 e. The molecule has 0 spiro atoms. The average molecular weight is 424 g/mol. The number of aryl methyl sites for hydroxylation is 1. The van der Waals surface area contributed by atoms with E-state index in [2.05, 4.69) is 15.3 Å². The van der Waals surface area contributed by atoms with Crippen LogP contribution in [0.3, 0.4) is 0 Å². The number of aliphatic imine (C=N–C) groups is 1. The molecule has 1 amide bonds. The number of pyridine rings is 1. The molecule has 1 aliphatic heterocycles. The van der Waals surface area contributed by atoms with Gasteiger partial charge in [0.15, 0.2) is 5.54 Å². The van der Waals surface area contributed by atoms with Crippen molar-refractivity contribution in [2.75, 3.05) is 18.5 Å². The molecule has 10 heteroatoms. The normalized spacial score (nSPS) is 20.9. The quantitative estimate of drug-likeness (QED) is 0.735. The Bertz CT molecular complexity index is 1010. The van der Waals surface area contributed by atoms with Crippen LogP contribution in [0, 0.1) is 18.6 Å². The number of hydrogen-bond donors (Lipinski definition) is 2. The summed E-state index contributed by atoms with van der Waals surface area (Å²) >= 11 is 0. The number of anilines is 1. The van der Waals surface area contributed by atoms with Crippen molar-refractivity contribution in [3.63, 3.8) is 0 Å². The van der Waals surface area contributed by atoms with E-state index >= 15 is 0 Å². The van der Waals surface area contributed by atoms with Gasteiger partial charge in [-0.2, -0.15) is 0 Å². The van der Waals surface area contributed by atoms with Gasteiger partial charge >= 0.3 is 0 Å². The van der Waals surface area contributed by atoms with Gasteiger partial charge in [-0.05, 0) is 43.2 Å². The minimum atomic E-state index is -3.55. The predicted molar refractivity (Wildman–Crippen MR) is 103 cm³/mol. The highest BCUT2D eigenvalue weighted by molar-refractivity contribution is 6.03. The average Bonchev–Trinajstić information content (AvgIpc) is 2.78. The number of ether oxygens (including phenoxy) is 1. The molecule has 30 heavy (non-hydrogen) atoms. The summed E-state index contributed by atoms with van der Waals surface area (Å²) < 4.78 is 62.8. The fraction of sp³-hybridized carbons (Fsp3) is 0.350. The van der Waals surface area contributed by atoms with Crippen molar-refractivity contribution in [2.24, 2.45) is 10.7 Å². The van der Waals surface area contributed by atoms with Crippen LogP contribution in [0.4, 0.5) is 23.2 Å². The zero-order valence-electron chi connectivity index (χ0n) is 16.3. The topological polar surface area (TPSA) is 89.6 Å². The minimum absolute atomic E-state index is 0.0458. The van der Waals surface area contributed by atoms with Crippen LogP contribution >= 0.6 is 0 Å². The Labute approximate surface area is 170 Å². The summed E-state index contributed by atoms with van der Waals surface area (Å²) in [5.41, 5.74) is 3.22. The Morgan fingerprint density at radius 3 is 2.70 bits per heavy atom. The summed E-state index contributed by atoms with van der Waals surface area (Å²) in [5, 5.41) is 2.47. The number of carbonyl (C=O) groups is 1. The molecule has 1 aliphatic rings. The van der Waals surface area contributed by atoms with Crippen LogP contribution in [0.25, 0.3) is 0 Å². The van der Waals surface area contributed by atoms with Crippen LogP contribution in [0.5, 0.6) is 0 Å². The van der Waals surface area contributed by atoms with Crippen molar-refractivity contribution >= 4 is 17.4 Å². The monoisotopic (exact) mass is 424 g/mol. The maximum atomic E-state index is 15.0. The summed E-state index contributed by atoms with van der Waals surface area (Å²) in [4.78, 5) is 20.2. The van der Waals surface area contributed by atoms with Crippen molar-refractivity contribution < 1.29 is 27.1 Å². The molecule has 0 aliphatic carbocycles. The molecule has 160 valence electrons. The number of nitrogens with one attached hydrogen (secondary N) is 1. The Morgan fingerprint density at radius 1 is 1.30 bits per heavy atom. The van der Waals surface area contributed by atoms with Gasteiger partial charge in [0.1, 0.15) is 36.4 Å². The molecule has 1 atom stereocenters. The van der Waals surface area contributed by atoms with Gasteiger partial charge in [-0.25, -0.2) is 22.5 Å². The highest BCUT2D eigenvalue weighted by Gasteiger charge is 2.56. The van der Waals surface area contributed by atoms with Crippen LogP contribution in [0.15, 0.2) is 35.5 Å². The van der Waals surface area contributed by atoms with Crippen molar-refractivity contribution in [2.45, 2.75) is 31.7 Å². The number of rotatable bonds is 4. The van der Waals surface area contributed by atoms with Crippen LogP contribution < -0.4 is 11.1 Å². The molecule has 6 nitrogen and oxygen atoms in total. The SMILES string of the molecule is CC[C@]1(c2cc(NC(=O)c3ncc(F)cc3C)ccc2F)N=C(N)COCC1(F)F. The predicted octanol–water partition coefficient (Wildman–Crippen LogP) is 3.55. The Balaban J connectivity index is 2.04. The van der Waals surface area contributed by atoms with E-state index in [0.29, 0.717) is 0 Å². The molecule has 2 heterocycles. The zero-order chi connectivity index (χ0) is 22.1. The molecule has 1 aromatic heterocycles. The number of carbonyl (C=O) groups excluding carboxylic acids is 1. The lowest BCUT2D eigenvalue weighted by atomic mass is 9.81. The molecule has 0 unspecified atom stereocenters. The van der Waals surface area contributed by atoms with Gasteiger partial charge in [0, 0.05) is 11.3 Å². The molecule has 3 rings (SSSR count). The van der Waals surface area contributed by atoms with Crippen LogP contribution in [0.1, 0.15) is 35.0 Å². The molecule has 0 fully saturated rings. The van der Waals surface area contributed by atoms with E-state index in [1.807, 2.05) is 0 Å². The third-order valence-corrected chi connectivity index (χ3v) is 4.91. The highest BCUT2D eigenvalue weighted by atomic mass is 19.3. The number of nitrogens with zero attached hydrogens (tertiary/aromatic N) is 2. The fourth-order valence-electron chi connectivity index (χ4n) is 3.44. The van der Waals surface area contributed by atoms with E-state index in [-0.39, 0.29) is 35.8 Å². The van der Waals surface area contributed by atoms with Crippen molar-refractivity contribution in [3.8, 4) is 0 Å². The summed E-state index contributed by atoms with van der Waals surface area (Å²) in [5.74, 6) is -5.97. The van der Waals surface area contributed by atoms with E-state index in [0.717, 1.165) is 24.4 Å². The highest BCUT2D eigenvalue weighted by Crippen LogP contribution is 2.46. The molecule has 2 aromatic rings. The summed E-state index contributed by atoms with van der Waals surface area (Å²) in [6, 6.07) is 4.40. The van der Waals surface area contributed by atoms with E-state index in [1.165, 1.54) is 19.9 Å². The van der Waals surface area contributed by atoms with Crippen molar-refractivity contribution in [1.82, 2.24) is 4.98 Å². The number of nitrogens with two attached hydrogens (primary N) is 1. The van der Waals surface area contributed by atoms with Crippen molar-refractivity contribution in [1.29, 1.82) is 0 Å². The molecule has 1 aromatic carbocycles. The maximum Gasteiger partial charge on any atom is 0.299 e. The van der Waals surface area contributed by atoms with E-state index in [4.69, 9.17) is 10.5 Å². The van der Waals surface area contributed by atoms with Crippen molar-refractivity contribution in [3.05, 3.63) is 58.9 Å². The number of hydrogen-bond acceptors (Lipinski definition) is 5. The second kappa shape index (κ2) is 8.02. The number of aromatic nitrogens is 1. The largest absolute Gasteiger partial charge is 0.385 e. The van der Waals surface area contributed by atoms with Gasteiger partial charge in [-0.15, -0.1) is 0 Å². The van der Waals surface area contributed by atoms with E-state index in [9.17, 15) is 22.4 Å². The molecule has 3 N–H and O–H groups in total. The van der Waals surface area contributed by atoms with Crippen LogP contribution in [-0.4, -0.2) is 35.9 Å². The fourth-order valence-corrected chi connectivity index (χ4v) is 3.44. The van der Waals surface area contributed by atoms with Crippen LogP contribution in [0.2, 0.25) is 0 Å². The summed E-state index contributed by atoms with van der Waals surface area (Å²) in [7, 11) is 0. The third-order valence-electron chi connectivity index (χ3n) is 4.91. The lowest BCUT2D eigenvalue weighted by Crippen LogP contribution is -2.47. The standard InChI is InChI=1S/C20H20F4N4O2/c1-3-19(20(23,24)10-30-9-16(25)28-19)14-7-13(4-5-15(14)22)27-18(29)17-11(2)6-12(21)8-26-17/h4-8H,3,9-10H2,1-2H3,(H2,25,28)(H,27,29)/t19-/m1/s1. The van der Waals surface area contributed by atoms with Gasteiger partial charge in [0.2, 0.25) is 0 Å². The number of alkyl halides is 2. The lowest BCUT2D eigenvalue weighted by molar-refractivity contribution is -0.123. The molecular formula is C20H20F4N4O2. The smallest absolute Gasteiger partial charge is 0.299 e. The Hall–Kier alpha value is -3.01. The zero-order valence-corrected chi connectivity index (χ0v) is 16.3. The van der Waals surface area contributed by atoms with Crippen LogP contribution in [-0.2, 0) is 10.3 Å². The molecular weight excluding hydrogens is 404 g/mol. The molecule has 0 radical (unpaired) electrons. The first-order valence-electron chi connectivity index (χ1n) is 9.13. The first-order chi connectivity index (χ1) is 14.1. The first kappa shape index (κ1) is 21.7. The van der Waals surface area contributed by atoms with Gasteiger partial charge in [-0.1, -0.05) is 6.92 Å². The van der Waals surface area contributed by atoms with E-state index < -0.39 is 41.2 Å². The summed E-state index contributed by atoms with van der Waals surface area (Å²) in [6.07, 6.45) is 0.616. The first-order valence-corrected chi connectivity index (χ1v) is 9.13. The number of amidine groups is 1. The second-order valence-electron chi connectivity index (χ2n) is 6.98. The molecule has 0 saturated heterocycles.